The highest BCUT2D eigenvalue weighted by Crippen LogP contribution is 2.22. The molecule has 0 fully saturated rings. The Bertz CT molecular complexity index is 2030. The van der Waals surface area contributed by atoms with Gasteiger partial charge in [-0.3, -0.25) is 0 Å². The molecule has 0 amide bonds. The highest BCUT2D eigenvalue weighted by molar-refractivity contribution is 8.18. The van der Waals surface area contributed by atoms with Crippen molar-refractivity contribution in [2.45, 2.75) is 19.7 Å². The molecule has 0 nitrogen and oxygen atoms in total. The summed E-state index contributed by atoms with van der Waals surface area (Å²) in [6.45, 7) is -6.15. The van der Waals surface area contributed by atoms with Crippen LogP contribution in [0.25, 0.3) is 0 Å². The van der Waals surface area contributed by atoms with Gasteiger partial charge in [-0.05, 0) is 6.42 Å². The Labute approximate surface area is 615 Å². The molecule has 89 heavy (non-hydrogen) atoms. The molecule has 0 unspecified atom stereocenters. The van der Waals surface area contributed by atoms with Crippen LogP contribution in [-0.2, 0) is 12.7 Å². The Morgan fingerprint density at radius 3 is 0.708 bits per heavy atom. The normalized spacial score (nSPS) is 9.99. The quantitative estimate of drug-likeness (QED) is 0.0574. The second-order valence-corrected chi connectivity index (χ2v) is 24.4. The summed E-state index contributed by atoms with van der Waals surface area (Å²) >= 11 is 0. The van der Waals surface area contributed by atoms with Gasteiger partial charge >= 0.3 is 0 Å². The lowest BCUT2D eigenvalue weighted by Gasteiger charge is -2.52. The summed E-state index contributed by atoms with van der Waals surface area (Å²) in [6.07, 6.45) is -47.7. The van der Waals surface area contributed by atoms with Gasteiger partial charge in [0, 0.05) is 536 Å². The van der Waals surface area contributed by atoms with Crippen molar-refractivity contribution >= 4 is 591 Å². The third-order valence-electron chi connectivity index (χ3n) is 18.3. The first kappa shape index (κ1) is 91.4. The van der Waals surface area contributed by atoms with Gasteiger partial charge < -0.3 is 0 Å². The van der Waals surface area contributed by atoms with Crippen molar-refractivity contribution in [1.29, 1.82) is 0 Å². The summed E-state index contributed by atoms with van der Waals surface area (Å²) in [5.41, 5.74) is 0.0576. The van der Waals surface area contributed by atoms with E-state index >= 15 is 0 Å². The Balaban J connectivity index is 7.17. The Morgan fingerprint density at radius 1 is 0.236 bits per heavy atom. The van der Waals surface area contributed by atoms with Crippen molar-refractivity contribution in [3.8, 4) is 0 Å². The third-order valence-corrected chi connectivity index (χ3v) is 18.3. The molecule has 1 aromatic carbocycles. The molecule has 0 saturated heterocycles. The smallest absolute Gasteiger partial charge is 0.0800 e. The topological polar surface area (TPSA) is 0 Å². The molecule has 0 saturated carbocycles. The van der Waals surface area contributed by atoms with Gasteiger partial charge in [0.15, 0.2) is 0 Å². The maximum Gasteiger partial charge on any atom is 0.0800 e. The van der Waals surface area contributed by atoms with Gasteiger partial charge in [0.05, 0.1) is 32.5 Å². The summed E-state index contributed by atoms with van der Waals surface area (Å²) in [7, 11) is 287. The summed E-state index contributed by atoms with van der Waals surface area (Å²) in [6, 6.07) is 0. The van der Waals surface area contributed by atoms with Gasteiger partial charge in [-0.15, -0.1) is 21.9 Å². The molecule has 1 aromatic rings. The minimum Gasteiger partial charge on any atom is -0.114 e. The van der Waals surface area contributed by atoms with E-state index in [9.17, 15) is 0 Å². The van der Waals surface area contributed by atoms with Crippen LogP contribution >= 0.6 is 0 Å². The largest absolute Gasteiger partial charge is 0.114 e. The molecule has 0 atom stereocenters. The molecule has 0 N–H and O–H groups in total. The SMILES string of the molecule is [B][B]B([B])B(B([B])[B])B(B(B([B])[B])B([B])[B])c1c(B(B(B([B])[B])B([B])[B])B(B([B])[B])B([B])[B])c(CB(B([B][B])B([B])[B])B(B([B])[B])B([B])[B])c(CC)c(B(B(B([B])[B])B([B])[B])B(B([B])[B])B([B][B])B([B])[B])c1B(B(B([B])[B])B([B])[B])B(B([B])[B])B([B])B([B])[B]. The van der Waals surface area contributed by atoms with Crippen molar-refractivity contribution in [2.24, 2.45) is 0 Å². The minimum atomic E-state index is -1.72. The molecule has 0 aliphatic carbocycles. The summed E-state index contributed by atoms with van der Waals surface area (Å²) in [5.74, 6) is 0. The zero-order valence-electron chi connectivity index (χ0n) is 51.6. The fraction of sp³-hybridized carbons (Fsp3) is 0.333. The zero-order valence-corrected chi connectivity index (χ0v) is 51.6. The molecular formula is C9H7B80. The van der Waals surface area contributed by atoms with Gasteiger partial charge in [-0.25, -0.2) is 0 Å². The van der Waals surface area contributed by atoms with Crippen LogP contribution in [0.15, 0.2) is 0 Å². The molecule has 85 radical (unpaired) electrons. The maximum absolute atomic E-state index is 7.26. The minimum absolute atomic E-state index is 0.0190. The van der Waals surface area contributed by atoms with Crippen molar-refractivity contribution in [2.75, 3.05) is 0 Å². The fourth-order valence-electron chi connectivity index (χ4n) is 14.6. The van der Waals surface area contributed by atoms with Crippen molar-refractivity contribution in [1.82, 2.24) is 0 Å². The molecule has 0 bridgehead atoms. The highest BCUT2D eigenvalue weighted by atomic mass is 14.1. The van der Waals surface area contributed by atoms with Gasteiger partial charge in [0.25, 0.3) is 0 Å². The molecule has 0 aliphatic heterocycles. The van der Waals surface area contributed by atoms with Crippen molar-refractivity contribution < 1.29 is 0 Å². The van der Waals surface area contributed by atoms with Crippen LogP contribution in [0, 0.1) is 0 Å². The molecule has 1 rings (SSSR count). The van der Waals surface area contributed by atoms with Crippen LogP contribution in [0.5, 0.6) is 0 Å². The lowest BCUT2D eigenvalue weighted by molar-refractivity contribution is 1.12. The van der Waals surface area contributed by atoms with Crippen LogP contribution in [0.2, 0.25) is 0 Å². The average Bonchev–Trinajstić information content (AvgIpc) is 1.10. The number of hydrogen-bond acceptors (Lipinski definition) is 0. The van der Waals surface area contributed by atoms with E-state index in [0.717, 1.165) is 14.1 Å². The van der Waals surface area contributed by atoms with E-state index in [2.05, 4.69) is 0 Å². The number of benzene rings is 1. The first-order valence-electron chi connectivity index (χ1n) is 29.5. The van der Waals surface area contributed by atoms with E-state index in [-0.39, 0.29) is 39.4 Å². The summed E-state index contributed by atoms with van der Waals surface area (Å²) in [5, 5.41) is 0. The van der Waals surface area contributed by atoms with Crippen LogP contribution in [-0.4, -0.2) is 569 Å². The standard InChI is InChI=1S/C9H7B80/c1-2-4-5(3-54(79(52-11)60(15)16)81(62(19)20)63(21)22)7(55(82(64(23)24)65(25)26)83(66(27)28)67(29)30)9(57(85(70(35)36)71(37)38)87(74(43)44)77(49)51-10)8(58(86(72(39)40)73(41)42)88(75(45)46)78(50)59(13)14)6(4)56(84(68(31)32)69(33)34)89(76(47)48)80(53-12)61(17)18/h2-3H2,1H3. The van der Waals surface area contributed by atoms with Gasteiger partial charge in [-0.2, -0.15) is 0 Å². The third kappa shape index (κ3) is 23.2. The summed E-state index contributed by atoms with van der Waals surface area (Å²) < 4.78 is 0. The molecule has 283 valence electrons. The van der Waals surface area contributed by atoms with Crippen molar-refractivity contribution in [3.63, 3.8) is 0 Å². The Kier molecular flexibility index (Phi) is 43.3. The molecule has 80 heteroatoms. The van der Waals surface area contributed by atoms with Crippen LogP contribution in [0.4, 0.5) is 0 Å². The number of rotatable bonds is 41. The van der Waals surface area contributed by atoms with E-state index in [1.54, 1.807) is 6.92 Å². The number of hydrogen-bond donors (Lipinski definition) is 0. The second-order valence-electron chi connectivity index (χ2n) is 24.4. The van der Waals surface area contributed by atoms with Gasteiger partial charge in [0.2, 0.25) is 0 Å². The monoisotopic (exact) mass is 996 g/mol. The Hall–Kier alpha value is 4.41. The molecular weight excluding hydrogens is 973 g/mol. The zero-order chi connectivity index (χ0) is 69.8. The van der Waals surface area contributed by atoms with Crippen LogP contribution in [0.3, 0.4) is 0 Å². The van der Waals surface area contributed by atoms with E-state index in [0.29, 0.717) is 0 Å². The van der Waals surface area contributed by atoms with E-state index in [1.807, 2.05) is 0 Å². The molecule has 0 aromatic heterocycles. The molecule has 0 spiro atoms. The lowest BCUT2D eigenvalue weighted by atomic mass is 8.43. The van der Waals surface area contributed by atoms with E-state index in [1.165, 1.54) is 7.06 Å². The second kappa shape index (κ2) is 42.1. The average molecular weight is 980 g/mol. The first-order valence-corrected chi connectivity index (χ1v) is 29.5. The van der Waals surface area contributed by atoms with Crippen molar-refractivity contribution in [3.05, 3.63) is 11.1 Å². The Morgan fingerprint density at radius 2 is 0.483 bits per heavy atom. The molecule has 0 aliphatic rings. The molecule has 0 heterocycles. The van der Waals surface area contributed by atoms with Crippen LogP contribution < -0.4 is 21.9 Å². The predicted octanol–water partition coefficient (Wildman–Crippen LogP) is -31.5. The lowest BCUT2D eigenvalue weighted by Crippen LogP contribution is -2.92. The summed E-state index contributed by atoms with van der Waals surface area (Å²) in [4.78, 5) is 0. The van der Waals surface area contributed by atoms with E-state index < -0.39 is 237 Å². The van der Waals surface area contributed by atoms with Gasteiger partial charge in [0.1, 0.15) is 0 Å². The van der Waals surface area contributed by atoms with E-state index in [4.69, 9.17) is 317 Å². The first-order chi connectivity index (χ1) is 40.9. The van der Waals surface area contributed by atoms with Crippen LogP contribution in [0.1, 0.15) is 18.1 Å². The van der Waals surface area contributed by atoms with Gasteiger partial charge in [-0.1, -0.05) is 24.4 Å². The maximum atomic E-state index is 7.26. The fourth-order valence-corrected chi connectivity index (χ4v) is 14.6. The predicted molar refractivity (Wildman–Crippen MR) is 498 cm³/mol. The highest BCUT2D eigenvalue weighted by Gasteiger charge is 2.57.